The number of piperidine rings is 1. The summed E-state index contributed by atoms with van der Waals surface area (Å²) in [7, 11) is 1.75. The molecule has 0 spiro atoms. The third-order valence-electron chi connectivity index (χ3n) is 3.84. The third kappa shape index (κ3) is 5.66. The first-order valence-corrected chi connectivity index (χ1v) is 8.67. The first-order valence-electron chi connectivity index (χ1n) is 7.59. The van der Waals surface area contributed by atoms with Gasteiger partial charge in [-0.15, -0.1) is 0 Å². The van der Waals surface area contributed by atoms with Crippen LogP contribution < -0.4 is 16.4 Å². The van der Waals surface area contributed by atoms with Crippen LogP contribution in [0.15, 0.2) is 11.4 Å². The second-order valence-electron chi connectivity index (χ2n) is 6.27. The first-order chi connectivity index (χ1) is 10.2. The van der Waals surface area contributed by atoms with Gasteiger partial charge in [0.05, 0.1) is 9.37 Å². The van der Waals surface area contributed by atoms with E-state index < -0.39 is 15.4 Å². The van der Waals surface area contributed by atoms with Crippen LogP contribution in [0.3, 0.4) is 0 Å². The topological polar surface area (TPSA) is 87.5 Å². The van der Waals surface area contributed by atoms with Gasteiger partial charge in [0, 0.05) is 26.6 Å². The largest absolute Gasteiger partial charge is 0.386 e. The lowest BCUT2D eigenvalue weighted by Crippen LogP contribution is -2.51. The second-order valence-corrected chi connectivity index (χ2v) is 8.65. The van der Waals surface area contributed by atoms with Crippen LogP contribution in [-0.4, -0.2) is 40.4 Å². The Bertz CT molecular complexity index is 462. The van der Waals surface area contributed by atoms with Crippen LogP contribution in [0, 0.1) is 5.92 Å². The van der Waals surface area contributed by atoms with Crippen molar-refractivity contribution in [2.24, 2.45) is 11.7 Å². The Morgan fingerprint density at radius 1 is 1.45 bits per heavy atom. The van der Waals surface area contributed by atoms with Crippen molar-refractivity contribution in [2.45, 2.75) is 43.6 Å². The summed E-state index contributed by atoms with van der Waals surface area (Å²) < 4.78 is -0.558. The molecule has 1 fully saturated rings. The summed E-state index contributed by atoms with van der Waals surface area (Å²) in [5.41, 5.74) is 6.77. The number of nitrogens with two attached hydrogens (primary N) is 1. The van der Waals surface area contributed by atoms with Crippen molar-refractivity contribution in [3.05, 3.63) is 11.4 Å². The molecule has 0 radical (unpaired) electrons. The predicted molar refractivity (Wildman–Crippen MR) is 96.1 cm³/mol. The molecule has 1 aliphatic rings. The number of likely N-dealkylation sites (tertiary alicyclic amines) is 1. The summed E-state index contributed by atoms with van der Waals surface area (Å²) in [6, 6.07) is 0. The van der Waals surface area contributed by atoms with E-state index in [1.807, 2.05) is 13.8 Å². The Balaban J connectivity index is 2.64. The van der Waals surface area contributed by atoms with Crippen molar-refractivity contribution in [3.8, 4) is 0 Å². The fourth-order valence-electron chi connectivity index (χ4n) is 2.66. The molecule has 6 nitrogen and oxygen atoms in total. The standard InChI is InChI=1S/C15H27IN4O2/c1-10-6-5-7-20(9-10)14(22)13(21)19-15(3,16)8-11(2)12(17)18-4/h10,18H,5-9,17H2,1-4H3,(H,19,21)/b12-11-/t10-,15?/m0/s1. The molecular formula is C15H27IN4O2. The summed E-state index contributed by atoms with van der Waals surface area (Å²) in [5.74, 6) is 0.0740. The van der Waals surface area contributed by atoms with Gasteiger partial charge in [0.2, 0.25) is 0 Å². The Hall–Kier alpha value is -0.990. The zero-order valence-corrected chi connectivity index (χ0v) is 16.0. The molecule has 1 rings (SSSR count). The monoisotopic (exact) mass is 422 g/mol. The van der Waals surface area contributed by atoms with Gasteiger partial charge in [-0.2, -0.15) is 0 Å². The third-order valence-corrected chi connectivity index (χ3v) is 4.49. The van der Waals surface area contributed by atoms with Crippen molar-refractivity contribution in [1.29, 1.82) is 0 Å². The molecule has 0 bridgehead atoms. The number of carbonyl (C=O) groups is 2. The van der Waals surface area contributed by atoms with Gasteiger partial charge in [-0.25, -0.2) is 0 Å². The van der Waals surface area contributed by atoms with Crippen LogP contribution >= 0.6 is 22.6 Å². The lowest BCUT2D eigenvalue weighted by molar-refractivity contribution is -0.147. The average molecular weight is 422 g/mol. The first kappa shape index (κ1) is 19.1. The molecule has 0 aromatic carbocycles. The van der Waals surface area contributed by atoms with Crippen LogP contribution in [0.1, 0.15) is 40.0 Å². The van der Waals surface area contributed by atoms with E-state index in [0.717, 1.165) is 18.4 Å². The maximum atomic E-state index is 12.3. The molecule has 1 aliphatic heterocycles. The number of hydrogen-bond donors (Lipinski definition) is 3. The van der Waals surface area contributed by atoms with E-state index in [1.165, 1.54) is 0 Å². The number of nitrogens with one attached hydrogen (secondary N) is 2. The van der Waals surface area contributed by atoms with Crippen LogP contribution in [-0.2, 0) is 9.59 Å². The molecule has 126 valence electrons. The lowest BCUT2D eigenvalue weighted by atomic mass is 10.0. The zero-order chi connectivity index (χ0) is 16.9. The summed E-state index contributed by atoms with van der Waals surface area (Å²) in [6.07, 6.45) is 2.64. The van der Waals surface area contributed by atoms with Gasteiger partial charge >= 0.3 is 11.8 Å². The number of amides is 2. The van der Waals surface area contributed by atoms with Crippen molar-refractivity contribution < 1.29 is 9.59 Å². The Morgan fingerprint density at radius 2 is 2.09 bits per heavy atom. The molecule has 22 heavy (non-hydrogen) atoms. The minimum Gasteiger partial charge on any atom is -0.386 e. The highest BCUT2D eigenvalue weighted by molar-refractivity contribution is 14.1. The molecule has 0 aliphatic carbocycles. The molecule has 1 unspecified atom stereocenters. The van der Waals surface area contributed by atoms with E-state index in [4.69, 9.17) is 5.73 Å². The fourth-order valence-corrected chi connectivity index (χ4v) is 3.48. The quantitative estimate of drug-likeness (QED) is 0.276. The van der Waals surface area contributed by atoms with Crippen LogP contribution in [0.2, 0.25) is 0 Å². The fraction of sp³-hybridized carbons (Fsp3) is 0.733. The highest BCUT2D eigenvalue weighted by Crippen LogP contribution is 2.24. The Morgan fingerprint density at radius 3 is 2.64 bits per heavy atom. The molecule has 2 amide bonds. The van der Waals surface area contributed by atoms with Crippen molar-refractivity contribution in [3.63, 3.8) is 0 Å². The summed E-state index contributed by atoms with van der Waals surface area (Å²) >= 11 is 2.14. The van der Waals surface area contributed by atoms with Gasteiger partial charge in [-0.05, 0) is 38.2 Å². The number of halogens is 1. The van der Waals surface area contributed by atoms with Gasteiger partial charge in [0.15, 0.2) is 0 Å². The number of hydrogen-bond acceptors (Lipinski definition) is 4. The van der Waals surface area contributed by atoms with Gasteiger partial charge in [-0.3, -0.25) is 9.59 Å². The lowest BCUT2D eigenvalue weighted by Gasteiger charge is -2.32. The van der Waals surface area contributed by atoms with Crippen molar-refractivity contribution in [1.82, 2.24) is 15.5 Å². The Labute approximate surface area is 146 Å². The van der Waals surface area contributed by atoms with E-state index in [2.05, 4.69) is 40.1 Å². The average Bonchev–Trinajstić information content (AvgIpc) is 2.44. The minimum atomic E-state index is -0.558. The van der Waals surface area contributed by atoms with Crippen molar-refractivity contribution >= 4 is 34.4 Å². The maximum Gasteiger partial charge on any atom is 0.311 e. The molecule has 0 aromatic heterocycles. The number of carbonyl (C=O) groups excluding carboxylic acids is 2. The predicted octanol–water partition coefficient (Wildman–Crippen LogP) is 1.31. The molecule has 7 heteroatoms. The molecule has 1 heterocycles. The van der Waals surface area contributed by atoms with Gasteiger partial charge in [0.25, 0.3) is 0 Å². The molecule has 0 saturated carbocycles. The summed E-state index contributed by atoms with van der Waals surface area (Å²) in [4.78, 5) is 26.1. The maximum absolute atomic E-state index is 12.3. The smallest absolute Gasteiger partial charge is 0.311 e. The van der Waals surface area contributed by atoms with Gasteiger partial charge in [-0.1, -0.05) is 29.5 Å². The molecular weight excluding hydrogens is 395 g/mol. The van der Waals surface area contributed by atoms with E-state index >= 15 is 0 Å². The molecule has 0 aromatic rings. The molecule has 2 atom stereocenters. The number of alkyl halides is 1. The zero-order valence-electron chi connectivity index (χ0n) is 13.8. The van der Waals surface area contributed by atoms with Crippen LogP contribution in [0.25, 0.3) is 0 Å². The van der Waals surface area contributed by atoms with Crippen molar-refractivity contribution in [2.75, 3.05) is 20.1 Å². The summed E-state index contributed by atoms with van der Waals surface area (Å²) in [6.45, 7) is 7.22. The van der Waals surface area contributed by atoms with E-state index in [9.17, 15) is 9.59 Å². The van der Waals surface area contributed by atoms with Crippen LogP contribution in [0.4, 0.5) is 0 Å². The van der Waals surface area contributed by atoms with E-state index in [-0.39, 0.29) is 0 Å². The SMILES string of the molecule is CN/C(N)=C(/C)CC(C)(I)NC(=O)C(=O)N1CCC[C@H](C)C1. The second kappa shape index (κ2) is 8.03. The minimum absolute atomic E-state index is 0.433. The summed E-state index contributed by atoms with van der Waals surface area (Å²) in [5, 5.41) is 5.70. The normalized spacial score (nSPS) is 22.4. The van der Waals surface area contributed by atoms with Crippen LogP contribution in [0.5, 0.6) is 0 Å². The molecule has 1 saturated heterocycles. The highest BCUT2D eigenvalue weighted by atomic mass is 127. The van der Waals surface area contributed by atoms with E-state index in [1.54, 1.807) is 11.9 Å². The van der Waals surface area contributed by atoms with E-state index in [0.29, 0.717) is 31.2 Å². The Kier molecular flexibility index (Phi) is 6.96. The van der Waals surface area contributed by atoms with Gasteiger partial charge in [0.1, 0.15) is 0 Å². The number of nitrogens with zero attached hydrogens (tertiary/aromatic N) is 1. The van der Waals surface area contributed by atoms with Gasteiger partial charge < -0.3 is 21.3 Å². The highest BCUT2D eigenvalue weighted by Gasteiger charge is 2.31. The number of rotatable bonds is 4. The molecule has 4 N–H and O–H groups in total.